The van der Waals surface area contributed by atoms with E-state index in [0.717, 1.165) is 16.3 Å². The Morgan fingerprint density at radius 3 is 2.46 bits per heavy atom. The van der Waals surface area contributed by atoms with Crippen LogP contribution in [0.2, 0.25) is 0 Å². The first-order chi connectivity index (χ1) is 11.1. The summed E-state index contributed by atoms with van der Waals surface area (Å²) in [5, 5.41) is 1.24. The number of aromatic nitrogens is 2. The lowest BCUT2D eigenvalue weighted by atomic mass is 9.92. The lowest BCUT2D eigenvalue weighted by molar-refractivity contribution is 0.119. The van der Waals surface area contributed by atoms with Crippen molar-refractivity contribution in [2.24, 2.45) is 5.73 Å². The van der Waals surface area contributed by atoms with Gasteiger partial charge in [0.2, 0.25) is 5.88 Å². The Morgan fingerprint density at radius 1 is 1.21 bits per heavy atom. The number of fused-ring (bicyclic) bond motifs is 1. The highest BCUT2D eigenvalue weighted by molar-refractivity contribution is 7.91. The number of anilines is 1. The van der Waals surface area contributed by atoms with E-state index >= 15 is 0 Å². The average molecular weight is 350 g/mol. The minimum Gasteiger partial charge on any atom is -0.474 e. The van der Waals surface area contributed by atoms with Crippen LogP contribution in [0.15, 0.2) is 18.5 Å². The largest absolute Gasteiger partial charge is 0.474 e. The third-order valence-electron chi connectivity index (χ3n) is 4.39. The number of hydrogen-bond donors (Lipinski definition) is 2. The molecule has 0 aliphatic heterocycles. The van der Waals surface area contributed by atoms with E-state index in [1.54, 1.807) is 18.5 Å². The number of nitrogen functional groups attached to an aromatic ring is 1. The van der Waals surface area contributed by atoms with E-state index in [4.69, 9.17) is 16.2 Å². The zero-order valence-electron chi connectivity index (χ0n) is 14.0. The molecule has 0 aromatic carbocycles. The Kier molecular flexibility index (Phi) is 3.92. The van der Waals surface area contributed by atoms with Gasteiger partial charge in [-0.2, -0.15) is 0 Å². The van der Waals surface area contributed by atoms with Crippen LogP contribution >= 0.6 is 0 Å². The summed E-state index contributed by atoms with van der Waals surface area (Å²) < 4.78 is 28.9. The molecule has 0 saturated heterocycles. The highest BCUT2D eigenvalue weighted by atomic mass is 32.2. The molecule has 1 fully saturated rings. The van der Waals surface area contributed by atoms with Gasteiger partial charge in [-0.3, -0.25) is 0 Å². The lowest BCUT2D eigenvalue weighted by Crippen LogP contribution is -2.42. The average Bonchev–Trinajstić information content (AvgIpc) is 2.38. The van der Waals surface area contributed by atoms with Gasteiger partial charge in [0, 0.05) is 37.0 Å². The maximum absolute atomic E-state index is 11.5. The zero-order valence-corrected chi connectivity index (χ0v) is 14.8. The van der Waals surface area contributed by atoms with E-state index in [1.165, 1.54) is 6.26 Å². The van der Waals surface area contributed by atoms with Gasteiger partial charge >= 0.3 is 0 Å². The number of hydrogen-bond acceptors (Lipinski definition) is 7. The molecule has 0 spiro atoms. The van der Waals surface area contributed by atoms with E-state index in [-0.39, 0.29) is 11.4 Å². The van der Waals surface area contributed by atoms with Crippen LogP contribution in [-0.4, -0.2) is 36.0 Å². The smallest absolute Gasteiger partial charge is 0.223 e. The molecule has 0 atom stereocenters. The van der Waals surface area contributed by atoms with Crippen molar-refractivity contribution in [2.45, 2.75) is 43.6 Å². The van der Waals surface area contributed by atoms with Crippen molar-refractivity contribution in [1.29, 1.82) is 0 Å². The summed E-state index contributed by atoms with van der Waals surface area (Å²) in [5.74, 6) is 0.827. The molecule has 2 aromatic rings. The maximum Gasteiger partial charge on any atom is 0.223 e. The van der Waals surface area contributed by atoms with Crippen molar-refractivity contribution in [3.05, 3.63) is 24.0 Å². The topological polar surface area (TPSA) is 121 Å². The van der Waals surface area contributed by atoms with Crippen molar-refractivity contribution < 1.29 is 13.2 Å². The first kappa shape index (κ1) is 16.9. The highest BCUT2D eigenvalue weighted by Crippen LogP contribution is 2.35. The summed E-state index contributed by atoms with van der Waals surface area (Å²) in [5.41, 5.74) is 12.3. The van der Waals surface area contributed by atoms with Gasteiger partial charge in [0.15, 0.2) is 9.84 Å². The van der Waals surface area contributed by atoms with E-state index in [1.807, 2.05) is 13.8 Å². The molecule has 24 heavy (non-hydrogen) atoms. The van der Waals surface area contributed by atoms with Crippen LogP contribution < -0.4 is 16.2 Å². The maximum atomic E-state index is 11.5. The van der Waals surface area contributed by atoms with Gasteiger partial charge < -0.3 is 16.2 Å². The predicted molar refractivity (Wildman–Crippen MR) is 93.4 cm³/mol. The molecule has 2 aromatic heterocycles. The van der Waals surface area contributed by atoms with Crippen molar-refractivity contribution in [3.8, 4) is 5.88 Å². The quantitative estimate of drug-likeness (QED) is 0.854. The van der Waals surface area contributed by atoms with Crippen LogP contribution in [-0.2, 0) is 15.4 Å². The van der Waals surface area contributed by atoms with Gasteiger partial charge in [0.25, 0.3) is 0 Å². The number of sulfone groups is 1. The SMILES string of the molecule is CC(C)(N)c1cnc(O[C@H]2C[C@@H](S(C)(=O)=O)C2)c2cnc(N)cc12. The molecular formula is C16H22N4O3S. The molecule has 130 valence electrons. The second-order valence-electron chi connectivity index (χ2n) is 7.02. The molecule has 1 aliphatic carbocycles. The number of rotatable bonds is 4. The monoisotopic (exact) mass is 350 g/mol. The van der Waals surface area contributed by atoms with Gasteiger partial charge in [-0.05, 0) is 30.9 Å². The van der Waals surface area contributed by atoms with Gasteiger partial charge in [0.1, 0.15) is 11.9 Å². The fourth-order valence-corrected chi connectivity index (χ4v) is 3.98. The van der Waals surface area contributed by atoms with Crippen molar-refractivity contribution in [2.75, 3.05) is 12.0 Å². The van der Waals surface area contributed by atoms with E-state index < -0.39 is 15.4 Å². The van der Waals surface area contributed by atoms with Crippen LogP contribution in [0.5, 0.6) is 5.88 Å². The number of nitrogens with zero attached hydrogens (tertiary/aromatic N) is 2. The second kappa shape index (κ2) is 5.56. The Morgan fingerprint density at radius 2 is 1.88 bits per heavy atom. The number of ether oxygens (including phenoxy) is 1. The van der Waals surface area contributed by atoms with Crippen LogP contribution in [0.25, 0.3) is 10.8 Å². The Balaban J connectivity index is 1.93. The van der Waals surface area contributed by atoms with Crippen molar-refractivity contribution in [1.82, 2.24) is 9.97 Å². The summed E-state index contributed by atoms with van der Waals surface area (Å²) in [4.78, 5) is 8.50. The second-order valence-corrected chi connectivity index (χ2v) is 9.34. The van der Waals surface area contributed by atoms with E-state index in [0.29, 0.717) is 24.5 Å². The van der Waals surface area contributed by atoms with Gasteiger partial charge in [-0.25, -0.2) is 18.4 Å². The summed E-state index contributed by atoms with van der Waals surface area (Å²) in [6.07, 6.45) is 5.36. The van der Waals surface area contributed by atoms with E-state index in [2.05, 4.69) is 9.97 Å². The molecule has 7 nitrogen and oxygen atoms in total. The fraction of sp³-hybridized carbons (Fsp3) is 0.500. The molecule has 3 rings (SSSR count). The molecule has 8 heteroatoms. The lowest BCUT2D eigenvalue weighted by Gasteiger charge is -2.34. The van der Waals surface area contributed by atoms with Crippen molar-refractivity contribution >= 4 is 26.4 Å². The van der Waals surface area contributed by atoms with Gasteiger partial charge in [-0.15, -0.1) is 0 Å². The summed E-state index contributed by atoms with van der Waals surface area (Å²) >= 11 is 0. The van der Waals surface area contributed by atoms with Crippen LogP contribution in [0.1, 0.15) is 32.3 Å². The fourth-order valence-electron chi connectivity index (χ4n) is 2.86. The Hall–Kier alpha value is -1.93. The minimum absolute atomic E-state index is 0.158. The number of pyridine rings is 2. The molecule has 0 radical (unpaired) electrons. The van der Waals surface area contributed by atoms with Gasteiger partial charge in [-0.1, -0.05) is 0 Å². The van der Waals surface area contributed by atoms with Crippen molar-refractivity contribution in [3.63, 3.8) is 0 Å². The predicted octanol–water partition coefficient (Wildman–Crippen LogP) is 1.36. The molecule has 2 heterocycles. The standard InChI is InChI=1S/C16H22N4O3S/c1-16(2,18)13-8-20-15(12-7-19-14(17)6-11(12)13)23-9-4-10(5-9)24(3,21)22/h6-10H,4-5,18H2,1-3H3,(H2,17,19)/t9-,10+. The normalized spacial score (nSPS) is 21.5. The first-order valence-corrected chi connectivity index (χ1v) is 9.70. The highest BCUT2D eigenvalue weighted by Gasteiger charge is 2.38. The number of nitrogens with two attached hydrogens (primary N) is 2. The first-order valence-electron chi connectivity index (χ1n) is 7.75. The molecular weight excluding hydrogens is 328 g/mol. The van der Waals surface area contributed by atoms with Crippen LogP contribution in [0.4, 0.5) is 5.82 Å². The summed E-state index contributed by atoms with van der Waals surface area (Å²) in [6.45, 7) is 3.78. The third-order valence-corrected chi connectivity index (χ3v) is 5.98. The molecule has 0 amide bonds. The molecule has 0 bridgehead atoms. The molecule has 0 unspecified atom stereocenters. The third kappa shape index (κ3) is 3.16. The molecule has 4 N–H and O–H groups in total. The zero-order chi connectivity index (χ0) is 17.7. The van der Waals surface area contributed by atoms with Crippen LogP contribution in [0, 0.1) is 0 Å². The molecule has 1 saturated carbocycles. The van der Waals surface area contributed by atoms with Gasteiger partial charge in [0.05, 0.1) is 10.6 Å². The summed E-state index contributed by atoms with van der Waals surface area (Å²) in [7, 11) is -3.01. The van der Waals surface area contributed by atoms with E-state index in [9.17, 15) is 8.42 Å². The van der Waals surface area contributed by atoms with Crippen LogP contribution in [0.3, 0.4) is 0 Å². The Bertz CT molecular complexity index is 884. The minimum atomic E-state index is -3.01. The summed E-state index contributed by atoms with van der Waals surface area (Å²) in [6, 6.07) is 1.76. The Labute approximate surface area is 141 Å². The molecule has 1 aliphatic rings.